The molecule has 168 valence electrons. The lowest BCUT2D eigenvalue weighted by atomic mass is 9.97. The third kappa shape index (κ3) is 9.21. The molecule has 0 aromatic carbocycles. The van der Waals surface area contributed by atoms with Crippen LogP contribution in [0.2, 0.25) is 0 Å². The molecule has 1 saturated heterocycles. The number of aromatic nitrogens is 1. The number of nitrogens with zero attached hydrogens (tertiary/aromatic N) is 3. The molecule has 1 aliphatic rings. The molecule has 2 heterocycles. The maximum absolute atomic E-state index is 5.49. The van der Waals surface area contributed by atoms with Crippen molar-refractivity contribution in [3.8, 4) is 0 Å². The molecule has 0 radical (unpaired) electrons. The van der Waals surface area contributed by atoms with Crippen molar-refractivity contribution in [1.29, 1.82) is 0 Å². The van der Waals surface area contributed by atoms with Gasteiger partial charge in [0, 0.05) is 38.7 Å². The summed E-state index contributed by atoms with van der Waals surface area (Å²) in [6, 6.07) is 2.06. The molecule has 2 N–H and O–H groups in total. The second-order valence-electron chi connectivity index (χ2n) is 7.59. The van der Waals surface area contributed by atoms with Crippen LogP contribution < -0.4 is 10.6 Å². The fourth-order valence-corrected chi connectivity index (χ4v) is 3.68. The summed E-state index contributed by atoms with van der Waals surface area (Å²) in [6.45, 7) is 12.9. The number of ether oxygens (including phenoxy) is 1. The zero-order valence-electron chi connectivity index (χ0n) is 18.6. The van der Waals surface area contributed by atoms with Crippen molar-refractivity contribution >= 4 is 29.9 Å². The average Bonchev–Trinajstić information content (AvgIpc) is 3.19. The molecule has 0 spiro atoms. The number of rotatable bonds is 11. The Hall–Kier alpha value is -0.870. The summed E-state index contributed by atoms with van der Waals surface area (Å²) in [4.78, 5) is 7.17. The zero-order chi connectivity index (χ0) is 20.2. The lowest BCUT2D eigenvalue weighted by molar-refractivity contribution is 0.121. The lowest BCUT2D eigenvalue weighted by Crippen LogP contribution is -2.43. The summed E-state index contributed by atoms with van der Waals surface area (Å²) in [5.74, 6) is 2.84. The van der Waals surface area contributed by atoms with E-state index in [0.717, 1.165) is 69.6 Å². The monoisotopic (exact) mass is 521 g/mol. The van der Waals surface area contributed by atoms with E-state index in [1.54, 1.807) is 7.11 Å². The molecule has 0 atom stereocenters. The quantitative estimate of drug-likeness (QED) is 0.263. The minimum atomic E-state index is 0. The fourth-order valence-electron chi connectivity index (χ4n) is 3.68. The Morgan fingerprint density at radius 2 is 2.00 bits per heavy atom. The molecule has 29 heavy (non-hydrogen) atoms. The number of likely N-dealkylation sites (tertiary alicyclic amines) is 1. The van der Waals surface area contributed by atoms with Gasteiger partial charge in [-0.3, -0.25) is 0 Å². The number of aliphatic imine (C=N–C) groups is 1. The predicted octanol–water partition coefficient (Wildman–Crippen LogP) is 3.61. The smallest absolute Gasteiger partial charge is 0.191 e. The topological polar surface area (TPSA) is 74.9 Å². The first-order valence-corrected chi connectivity index (χ1v) is 10.9. The minimum absolute atomic E-state index is 0. The highest BCUT2D eigenvalue weighted by Crippen LogP contribution is 2.22. The van der Waals surface area contributed by atoms with Crippen molar-refractivity contribution < 1.29 is 9.26 Å². The fraction of sp³-hybridized carbons (Fsp3) is 0.810. The van der Waals surface area contributed by atoms with Gasteiger partial charge in [0.15, 0.2) is 11.7 Å². The highest BCUT2D eigenvalue weighted by molar-refractivity contribution is 14.0. The van der Waals surface area contributed by atoms with E-state index in [2.05, 4.69) is 52.5 Å². The van der Waals surface area contributed by atoms with Crippen molar-refractivity contribution in [3.05, 3.63) is 17.5 Å². The number of guanidine groups is 1. The normalized spacial score (nSPS) is 16.1. The van der Waals surface area contributed by atoms with Gasteiger partial charge < -0.3 is 24.8 Å². The Morgan fingerprint density at radius 3 is 2.62 bits per heavy atom. The van der Waals surface area contributed by atoms with Crippen LogP contribution in [0.4, 0.5) is 0 Å². The standard InChI is InChI=1S/C21H39N5O2.HI/c1-5-18(6-2)20-14-19(28-25-20)16-24-21(22-7-3)23-15-17-8-10-26(11-9-17)12-13-27-4;/h14,17-18H,5-13,15-16H2,1-4H3,(H2,22,23,24);1H. The van der Waals surface area contributed by atoms with Crippen LogP contribution in [0, 0.1) is 5.92 Å². The van der Waals surface area contributed by atoms with Crippen LogP contribution in [0.25, 0.3) is 0 Å². The second-order valence-corrected chi connectivity index (χ2v) is 7.59. The van der Waals surface area contributed by atoms with E-state index in [-0.39, 0.29) is 24.0 Å². The Bertz CT molecular complexity index is 569. The highest BCUT2D eigenvalue weighted by Gasteiger charge is 2.19. The summed E-state index contributed by atoms with van der Waals surface area (Å²) in [6.07, 6.45) is 4.61. The molecule has 0 amide bonds. The minimum Gasteiger partial charge on any atom is -0.383 e. The van der Waals surface area contributed by atoms with Gasteiger partial charge >= 0.3 is 0 Å². The van der Waals surface area contributed by atoms with E-state index in [1.807, 2.05) is 0 Å². The molecular formula is C21H40IN5O2. The largest absolute Gasteiger partial charge is 0.383 e. The third-order valence-corrected chi connectivity index (χ3v) is 5.60. The predicted molar refractivity (Wildman–Crippen MR) is 129 cm³/mol. The first kappa shape index (κ1) is 26.2. The van der Waals surface area contributed by atoms with E-state index in [1.165, 1.54) is 12.8 Å². The molecule has 1 aromatic heterocycles. The maximum atomic E-state index is 5.49. The zero-order valence-corrected chi connectivity index (χ0v) is 20.9. The Kier molecular flexibility index (Phi) is 13.5. The second kappa shape index (κ2) is 15.0. The van der Waals surface area contributed by atoms with E-state index >= 15 is 0 Å². The van der Waals surface area contributed by atoms with E-state index in [4.69, 9.17) is 9.26 Å². The van der Waals surface area contributed by atoms with E-state index < -0.39 is 0 Å². The molecule has 0 unspecified atom stereocenters. The number of hydrogen-bond donors (Lipinski definition) is 2. The van der Waals surface area contributed by atoms with Crippen LogP contribution in [-0.4, -0.2) is 62.5 Å². The van der Waals surface area contributed by atoms with Gasteiger partial charge in [-0.05, 0) is 51.6 Å². The van der Waals surface area contributed by atoms with Crippen LogP contribution >= 0.6 is 24.0 Å². The van der Waals surface area contributed by atoms with Crippen molar-refractivity contribution in [1.82, 2.24) is 20.7 Å². The van der Waals surface area contributed by atoms with Crippen molar-refractivity contribution in [2.45, 2.75) is 58.9 Å². The van der Waals surface area contributed by atoms with Gasteiger partial charge in [0.2, 0.25) is 0 Å². The SMILES string of the molecule is CCNC(=NCc1cc(C(CC)CC)no1)NCC1CCN(CCOC)CC1.I. The number of piperidine rings is 1. The van der Waals surface area contributed by atoms with Gasteiger partial charge in [-0.15, -0.1) is 24.0 Å². The van der Waals surface area contributed by atoms with E-state index in [9.17, 15) is 0 Å². The van der Waals surface area contributed by atoms with Crippen molar-refractivity contribution in [2.75, 3.05) is 46.4 Å². The summed E-state index contributed by atoms with van der Waals surface area (Å²) in [5, 5.41) is 11.1. The van der Waals surface area contributed by atoms with Crippen LogP contribution in [0.5, 0.6) is 0 Å². The number of methoxy groups -OCH3 is 1. The van der Waals surface area contributed by atoms with Crippen LogP contribution in [0.1, 0.15) is 63.8 Å². The molecule has 0 bridgehead atoms. The summed E-state index contributed by atoms with van der Waals surface area (Å²) >= 11 is 0. The highest BCUT2D eigenvalue weighted by atomic mass is 127. The average molecular weight is 521 g/mol. The maximum Gasteiger partial charge on any atom is 0.191 e. The van der Waals surface area contributed by atoms with Crippen LogP contribution in [-0.2, 0) is 11.3 Å². The van der Waals surface area contributed by atoms with Crippen molar-refractivity contribution in [2.24, 2.45) is 10.9 Å². The van der Waals surface area contributed by atoms with E-state index in [0.29, 0.717) is 18.4 Å². The number of halogens is 1. The number of nitrogens with one attached hydrogen (secondary N) is 2. The van der Waals surface area contributed by atoms with Gasteiger partial charge in [0.05, 0.1) is 12.3 Å². The van der Waals surface area contributed by atoms with Gasteiger partial charge in [0.25, 0.3) is 0 Å². The molecule has 1 fully saturated rings. The lowest BCUT2D eigenvalue weighted by Gasteiger charge is -2.32. The molecule has 2 rings (SSSR count). The molecule has 0 aliphatic carbocycles. The molecule has 1 aliphatic heterocycles. The molecule has 8 heteroatoms. The third-order valence-electron chi connectivity index (χ3n) is 5.60. The summed E-state index contributed by atoms with van der Waals surface area (Å²) in [5.41, 5.74) is 1.05. The van der Waals surface area contributed by atoms with Gasteiger partial charge in [-0.1, -0.05) is 19.0 Å². The number of hydrogen-bond acceptors (Lipinski definition) is 5. The Morgan fingerprint density at radius 1 is 1.28 bits per heavy atom. The van der Waals surface area contributed by atoms with Crippen LogP contribution in [0.3, 0.4) is 0 Å². The first-order valence-electron chi connectivity index (χ1n) is 10.9. The first-order chi connectivity index (χ1) is 13.7. The van der Waals surface area contributed by atoms with Gasteiger partial charge in [-0.25, -0.2) is 4.99 Å². The molecule has 1 aromatic rings. The molecular weight excluding hydrogens is 481 g/mol. The Labute approximate surface area is 193 Å². The Balaban J connectivity index is 0.00000420. The van der Waals surface area contributed by atoms with Crippen LogP contribution in [0.15, 0.2) is 15.6 Å². The molecule has 0 saturated carbocycles. The molecule has 7 nitrogen and oxygen atoms in total. The summed E-state index contributed by atoms with van der Waals surface area (Å²) < 4.78 is 10.7. The summed E-state index contributed by atoms with van der Waals surface area (Å²) in [7, 11) is 1.77. The van der Waals surface area contributed by atoms with Gasteiger partial charge in [0.1, 0.15) is 6.54 Å². The van der Waals surface area contributed by atoms with Crippen molar-refractivity contribution in [3.63, 3.8) is 0 Å². The van der Waals surface area contributed by atoms with Gasteiger partial charge in [-0.2, -0.15) is 0 Å².